The number of pyridine rings is 1. The Morgan fingerprint density at radius 3 is 2.76 bits per heavy atom. The van der Waals surface area contributed by atoms with Crippen molar-refractivity contribution in [3.63, 3.8) is 0 Å². The van der Waals surface area contributed by atoms with Crippen LogP contribution in [0.2, 0.25) is 0 Å². The first-order valence-electron chi connectivity index (χ1n) is 9.48. The van der Waals surface area contributed by atoms with E-state index in [1.54, 1.807) is 36.2 Å². The van der Waals surface area contributed by atoms with Crippen LogP contribution in [-0.4, -0.2) is 70.6 Å². The second-order valence-corrected chi connectivity index (χ2v) is 7.33. The molecule has 0 spiro atoms. The van der Waals surface area contributed by atoms with E-state index >= 15 is 0 Å². The number of amides is 2. The van der Waals surface area contributed by atoms with E-state index in [1.807, 2.05) is 31.2 Å². The summed E-state index contributed by atoms with van der Waals surface area (Å²) in [6.45, 7) is 3.09. The Hall–Kier alpha value is -3.26. The fourth-order valence-corrected chi connectivity index (χ4v) is 3.53. The topological polar surface area (TPSA) is 91.4 Å². The molecule has 1 atom stereocenters. The van der Waals surface area contributed by atoms with Crippen molar-refractivity contribution >= 4 is 22.7 Å². The number of aromatic nitrogens is 3. The minimum absolute atomic E-state index is 0.0880. The number of morpholine rings is 1. The molecule has 4 rings (SSSR count). The molecule has 1 fully saturated rings. The zero-order valence-electron chi connectivity index (χ0n) is 16.7. The van der Waals surface area contributed by atoms with Crippen molar-refractivity contribution in [2.24, 2.45) is 0 Å². The summed E-state index contributed by atoms with van der Waals surface area (Å²) in [5.41, 5.74) is 3.25. The molecule has 0 bridgehead atoms. The molecule has 3 heterocycles. The standard InChI is InChI=1S/C21H23N5O3/c1-13-16(11-22-24-13)21(28)26-8-9-29-19(12-26)18-10-15(20(27)25(2)3)14-6-4-5-7-17(14)23-18/h4-7,10-11,19H,8-9,12H2,1-3H3,(H,22,24)/t19-/m1/s1. The molecule has 3 aromatic rings. The Morgan fingerprint density at radius 1 is 1.24 bits per heavy atom. The van der Waals surface area contributed by atoms with Crippen LogP contribution in [0.3, 0.4) is 0 Å². The van der Waals surface area contributed by atoms with Crippen molar-refractivity contribution in [1.29, 1.82) is 0 Å². The lowest BCUT2D eigenvalue weighted by atomic mass is 10.0. The number of aryl methyl sites for hydroxylation is 1. The normalized spacial score (nSPS) is 16.8. The Bertz CT molecular complexity index is 1080. The number of H-pyrrole nitrogens is 1. The van der Waals surface area contributed by atoms with E-state index in [9.17, 15) is 9.59 Å². The van der Waals surface area contributed by atoms with Crippen LogP contribution < -0.4 is 0 Å². The highest BCUT2D eigenvalue weighted by atomic mass is 16.5. The Balaban J connectivity index is 1.68. The summed E-state index contributed by atoms with van der Waals surface area (Å²) >= 11 is 0. The largest absolute Gasteiger partial charge is 0.368 e. The first-order valence-corrected chi connectivity index (χ1v) is 9.48. The lowest BCUT2D eigenvalue weighted by Crippen LogP contribution is -2.42. The molecule has 1 saturated heterocycles. The smallest absolute Gasteiger partial charge is 0.257 e. The molecule has 1 aliphatic rings. The van der Waals surface area contributed by atoms with Crippen molar-refractivity contribution in [2.45, 2.75) is 13.0 Å². The Labute approximate surface area is 168 Å². The molecule has 0 radical (unpaired) electrons. The number of carbonyl (C=O) groups is 2. The second kappa shape index (κ2) is 7.63. The SMILES string of the molecule is Cc1[nH]ncc1C(=O)N1CCO[C@@H](c2cc(C(=O)N(C)C)c3ccccc3n2)C1. The van der Waals surface area contributed by atoms with Gasteiger partial charge in [0.15, 0.2) is 0 Å². The summed E-state index contributed by atoms with van der Waals surface area (Å²) in [4.78, 5) is 33.6. The van der Waals surface area contributed by atoms with E-state index in [1.165, 1.54) is 0 Å². The van der Waals surface area contributed by atoms with E-state index in [0.717, 1.165) is 16.6 Å². The van der Waals surface area contributed by atoms with Crippen LogP contribution >= 0.6 is 0 Å². The minimum atomic E-state index is -0.404. The number of fused-ring (bicyclic) bond motifs is 1. The highest BCUT2D eigenvalue weighted by molar-refractivity contribution is 6.06. The molecule has 1 aromatic carbocycles. The van der Waals surface area contributed by atoms with Crippen molar-refractivity contribution in [3.05, 3.63) is 59.0 Å². The summed E-state index contributed by atoms with van der Waals surface area (Å²) in [7, 11) is 3.45. The van der Waals surface area contributed by atoms with Gasteiger partial charge in [-0.25, -0.2) is 4.98 Å². The number of nitrogens with zero attached hydrogens (tertiary/aromatic N) is 4. The average Bonchev–Trinajstić information content (AvgIpc) is 3.17. The fraction of sp³-hybridized carbons (Fsp3) is 0.333. The van der Waals surface area contributed by atoms with Crippen LogP contribution in [0, 0.1) is 6.92 Å². The molecule has 1 aliphatic heterocycles. The maximum absolute atomic E-state index is 12.9. The predicted molar refractivity (Wildman–Crippen MR) is 108 cm³/mol. The molecule has 29 heavy (non-hydrogen) atoms. The molecule has 0 unspecified atom stereocenters. The van der Waals surface area contributed by atoms with Gasteiger partial charge in [-0.3, -0.25) is 14.7 Å². The highest BCUT2D eigenvalue weighted by Gasteiger charge is 2.29. The number of benzene rings is 1. The van der Waals surface area contributed by atoms with E-state index in [-0.39, 0.29) is 11.8 Å². The maximum atomic E-state index is 12.9. The van der Waals surface area contributed by atoms with Crippen LogP contribution in [0.15, 0.2) is 36.5 Å². The first kappa shape index (κ1) is 19.1. The number of rotatable bonds is 3. The molecular weight excluding hydrogens is 370 g/mol. The van der Waals surface area contributed by atoms with Crippen molar-refractivity contribution < 1.29 is 14.3 Å². The molecule has 1 N–H and O–H groups in total. The molecule has 2 amide bonds. The number of carbonyl (C=O) groups excluding carboxylic acids is 2. The molecule has 0 aliphatic carbocycles. The number of aromatic amines is 1. The third-order valence-corrected chi connectivity index (χ3v) is 5.12. The van der Waals surface area contributed by atoms with Crippen molar-refractivity contribution in [2.75, 3.05) is 33.8 Å². The van der Waals surface area contributed by atoms with Gasteiger partial charge < -0.3 is 14.5 Å². The van der Waals surface area contributed by atoms with Crippen LogP contribution in [0.25, 0.3) is 10.9 Å². The van der Waals surface area contributed by atoms with Gasteiger partial charge in [-0.05, 0) is 19.1 Å². The van der Waals surface area contributed by atoms with Gasteiger partial charge in [0.2, 0.25) is 0 Å². The molecule has 8 heteroatoms. The summed E-state index contributed by atoms with van der Waals surface area (Å²) in [5, 5.41) is 7.54. The van der Waals surface area contributed by atoms with E-state index < -0.39 is 6.10 Å². The minimum Gasteiger partial charge on any atom is -0.368 e. The predicted octanol–water partition coefficient (Wildman–Crippen LogP) is 2.18. The Morgan fingerprint density at radius 2 is 2.03 bits per heavy atom. The second-order valence-electron chi connectivity index (χ2n) is 7.33. The molecule has 8 nitrogen and oxygen atoms in total. The Kier molecular flexibility index (Phi) is 5.02. The third kappa shape index (κ3) is 3.58. The summed E-state index contributed by atoms with van der Waals surface area (Å²) in [5.74, 6) is -0.183. The van der Waals surface area contributed by atoms with Gasteiger partial charge in [0.05, 0.1) is 41.7 Å². The average molecular weight is 393 g/mol. The summed E-state index contributed by atoms with van der Waals surface area (Å²) < 4.78 is 5.93. The van der Waals surface area contributed by atoms with Crippen LogP contribution in [0.4, 0.5) is 0 Å². The number of hydrogen-bond donors (Lipinski definition) is 1. The van der Waals surface area contributed by atoms with Gasteiger partial charge in [0.1, 0.15) is 6.10 Å². The van der Waals surface area contributed by atoms with E-state index in [4.69, 9.17) is 9.72 Å². The van der Waals surface area contributed by atoms with Gasteiger partial charge in [0, 0.05) is 31.7 Å². The summed E-state index contributed by atoms with van der Waals surface area (Å²) in [6, 6.07) is 9.34. The maximum Gasteiger partial charge on any atom is 0.257 e. The number of hydrogen-bond acceptors (Lipinski definition) is 5. The van der Waals surface area contributed by atoms with Crippen molar-refractivity contribution in [3.8, 4) is 0 Å². The van der Waals surface area contributed by atoms with Crippen LogP contribution in [-0.2, 0) is 4.74 Å². The monoisotopic (exact) mass is 393 g/mol. The fourth-order valence-electron chi connectivity index (χ4n) is 3.53. The highest BCUT2D eigenvalue weighted by Crippen LogP contribution is 2.27. The lowest BCUT2D eigenvalue weighted by molar-refractivity contribution is -0.0246. The summed E-state index contributed by atoms with van der Waals surface area (Å²) in [6.07, 6.45) is 1.14. The van der Waals surface area contributed by atoms with Gasteiger partial charge >= 0.3 is 0 Å². The molecular formula is C21H23N5O3. The zero-order chi connectivity index (χ0) is 20.5. The lowest BCUT2D eigenvalue weighted by Gasteiger charge is -2.33. The van der Waals surface area contributed by atoms with Crippen LogP contribution in [0.5, 0.6) is 0 Å². The van der Waals surface area contributed by atoms with Crippen molar-refractivity contribution in [1.82, 2.24) is 25.0 Å². The van der Waals surface area contributed by atoms with Gasteiger partial charge in [0.25, 0.3) is 11.8 Å². The number of ether oxygens (including phenoxy) is 1. The quantitative estimate of drug-likeness (QED) is 0.736. The third-order valence-electron chi connectivity index (χ3n) is 5.12. The first-order chi connectivity index (χ1) is 14.0. The molecule has 150 valence electrons. The molecule has 2 aromatic heterocycles. The van der Waals surface area contributed by atoms with Gasteiger partial charge in [-0.1, -0.05) is 18.2 Å². The van der Waals surface area contributed by atoms with E-state index in [0.29, 0.717) is 36.5 Å². The van der Waals surface area contributed by atoms with Gasteiger partial charge in [-0.2, -0.15) is 5.10 Å². The van der Waals surface area contributed by atoms with Gasteiger partial charge in [-0.15, -0.1) is 0 Å². The van der Waals surface area contributed by atoms with Crippen LogP contribution in [0.1, 0.15) is 38.2 Å². The van der Waals surface area contributed by atoms with E-state index in [2.05, 4.69) is 10.2 Å². The number of nitrogens with one attached hydrogen (secondary N) is 1. The molecule has 0 saturated carbocycles. The zero-order valence-corrected chi connectivity index (χ0v) is 16.7. The number of para-hydroxylation sites is 1.